The first-order valence-electron chi connectivity index (χ1n) is 12.2. The van der Waals surface area contributed by atoms with E-state index in [9.17, 15) is 20.3 Å². The van der Waals surface area contributed by atoms with Crippen LogP contribution in [-0.2, 0) is 6.42 Å². The van der Waals surface area contributed by atoms with E-state index >= 15 is 0 Å². The molecule has 0 aliphatic rings. The van der Waals surface area contributed by atoms with Gasteiger partial charge < -0.3 is 20.7 Å². The lowest BCUT2D eigenvalue weighted by Crippen LogP contribution is -2.39. The molecule has 4 aromatic rings. The van der Waals surface area contributed by atoms with Crippen LogP contribution in [0.3, 0.4) is 0 Å². The number of aliphatic hydroxyl groups is 1. The summed E-state index contributed by atoms with van der Waals surface area (Å²) in [5.41, 5.74) is 9.02. The number of benzene rings is 4. The number of aromatic carboxylic acids is 1. The lowest BCUT2D eigenvalue weighted by atomic mass is 9.86. The zero-order valence-corrected chi connectivity index (χ0v) is 20.9. The van der Waals surface area contributed by atoms with E-state index in [0.717, 1.165) is 21.9 Å². The number of nitriles is 1. The molecule has 0 aliphatic carbocycles. The van der Waals surface area contributed by atoms with Crippen molar-refractivity contribution >= 4 is 16.7 Å². The first-order valence-corrected chi connectivity index (χ1v) is 12.2. The first kappa shape index (κ1) is 25.9. The molecule has 0 amide bonds. The van der Waals surface area contributed by atoms with E-state index in [2.05, 4.69) is 12.1 Å². The van der Waals surface area contributed by atoms with Gasteiger partial charge in [-0.1, -0.05) is 54.6 Å². The Morgan fingerprint density at radius 1 is 1.03 bits per heavy atom. The van der Waals surface area contributed by atoms with Crippen molar-refractivity contribution in [3.05, 3.63) is 101 Å². The van der Waals surface area contributed by atoms with Gasteiger partial charge in [0.25, 0.3) is 0 Å². The van der Waals surface area contributed by atoms with Crippen LogP contribution in [0, 0.1) is 11.3 Å². The number of rotatable bonds is 9. The molecule has 6 nitrogen and oxygen atoms in total. The lowest BCUT2D eigenvalue weighted by molar-refractivity contribution is 0.0697. The highest BCUT2D eigenvalue weighted by Gasteiger charge is 2.26. The van der Waals surface area contributed by atoms with Gasteiger partial charge in [-0.25, -0.2) is 4.79 Å². The van der Waals surface area contributed by atoms with E-state index in [1.165, 1.54) is 0 Å². The molecule has 6 heteroatoms. The predicted octanol–water partition coefficient (Wildman–Crippen LogP) is 5.86. The van der Waals surface area contributed by atoms with Gasteiger partial charge in [0.05, 0.1) is 23.8 Å². The Morgan fingerprint density at radius 3 is 2.38 bits per heavy atom. The van der Waals surface area contributed by atoms with Crippen molar-refractivity contribution in [2.75, 3.05) is 6.61 Å². The average Bonchev–Trinajstić information content (AvgIpc) is 2.89. The Hall–Kier alpha value is -4.18. The molecule has 4 N–H and O–H groups in total. The Morgan fingerprint density at radius 2 is 1.70 bits per heavy atom. The number of carbonyl (C=O) groups is 1. The molecule has 0 heterocycles. The van der Waals surface area contributed by atoms with Gasteiger partial charge in [-0.15, -0.1) is 0 Å². The molecule has 0 spiro atoms. The summed E-state index contributed by atoms with van der Waals surface area (Å²) in [6.45, 7) is 3.95. The van der Waals surface area contributed by atoms with Gasteiger partial charge in [0.2, 0.25) is 0 Å². The molecule has 0 bridgehead atoms. The highest BCUT2D eigenvalue weighted by atomic mass is 16.5. The van der Waals surface area contributed by atoms with E-state index in [1.54, 1.807) is 56.3 Å². The number of carboxylic acids is 1. The zero-order chi connectivity index (χ0) is 26.6. The number of hydrogen-bond acceptors (Lipinski definition) is 5. The van der Waals surface area contributed by atoms with Crippen molar-refractivity contribution in [1.29, 1.82) is 5.26 Å². The van der Waals surface area contributed by atoms with Gasteiger partial charge in [0, 0.05) is 5.54 Å². The normalized spacial score (nSPS) is 12.2. The molecule has 0 aromatic heterocycles. The summed E-state index contributed by atoms with van der Waals surface area (Å²) in [6, 6.07) is 26.1. The topological polar surface area (TPSA) is 117 Å². The minimum atomic E-state index is -1.02. The molecule has 4 rings (SSSR count). The second-order valence-electron chi connectivity index (χ2n) is 9.75. The van der Waals surface area contributed by atoms with Crippen molar-refractivity contribution in [2.45, 2.75) is 38.3 Å². The summed E-state index contributed by atoms with van der Waals surface area (Å²) in [4.78, 5) is 11.7. The van der Waals surface area contributed by atoms with Crippen molar-refractivity contribution in [1.82, 2.24) is 0 Å². The van der Waals surface area contributed by atoms with E-state index in [1.807, 2.05) is 30.3 Å². The Balaban J connectivity index is 1.55. The third-order valence-electron chi connectivity index (χ3n) is 6.43. The van der Waals surface area contributed by atoms with Crippen molar-refractivity contribution < 1.29 is 19.7 Å². The summed E-state index contributed by atoms with van der Waals surface area (Å²) in [6.07, 6.45) is 0.463. The second-order valence-corrected chi connectivity index (χ2v) is 9.75. The number of nitrogens with zero attached hydrogens (tertiary/aromatic N) is 1. The maximum atomic E-state index is 11.7. The van der Waals surface area contributed by atoms with Crippen LogP contribution in [0.4, 0.5) is 0 Å². The van der Waals surface area contributed by atoms with Crippen LogP contribution in [0.2, 0.25) is 0 Å². The molecule has 4 aromatic carbocycles. The molecule has 37 heavy (non-hydrogen) atoms. The Kier molecular flexibility index (Phi) is 7.58. The standard InChI is InChI=1S/C31H30N2O4/c1-31(2,33)29(34)27-17-21-9-4-3-8-20(21)16-22(27)10-7-15-37-28-18-23(13-14-24(28)19-32)25-11-5-6-12-26(25)30(35)36/h3-6,8-9,11-14,16-18,29,34H,7,10,15,33H2,1-2H3,(H,35,36)/t29-/m1/s1. The number of fused-ring (bicyclic) bond motifs is 1. The predicted molar refractivity (Wildman–Crippen MR) is 145 cm³/mol. The molecule has 188 valence electrons. The molecule has 0 saturated carbocycles. The van der Waals surface area contributed by atoms with Gasteiger partial charge in [-0.05, 0) is 84.0 Å². The number of ether oxygens (including phenoxy) is 1. The van der Waals surface area contributed by atoms with E-state index < -0.39 is 17.6 Å². The number of aliphatic hydroxyl groups excluding tert-OH is 1. The largest absolute Gasteiger partial charge is 0.492 e. The molecule has 0 radical (unpaired) electrons. The number of aryl methyl sites for hydroxylation is 1. The fourth-order valence-electron chi connectivity index (χ4n) is 4.44. The van der Waals surface area contributed by atoms with E-state index in [-0.39, 0.29) is 5.56 Å². The van der Waals surface area contributed by atoms with Gasteiger partial charge in [0.1, 0.15) is 11.8 Å². The lowest BCUT2D eigenvalue weighted by Gasteiger charge is -2.28. The van der Waals surface area contributed by atoms with Crippen LogP contribution in [0.25, 0.3) is 21.9 Å². The van der Waals surface area contributed by atoms with Gasteiger partial charge in [0.15, 0.2) is 0 Å². The van der Waals surface area contributed by atoms with Crippen molar-refractivity contribution in [3.8, 4) is 22.9 Å². The maximum absolute atomic E-state index is 11.7. The van der Waals surface area contributed by atoms with Gasteiger partial charge in [-0.2, -0.15) is 5.26 Å². The Bertz CT molecular complexity index is 1480. The maximum Gasteiger partial charge on any atom is 0.336 e. The SMILES string of the molecule is CC(C)(N)[C@H](O)c1cc2ccccc2cc1CCCOc1cc(-c2ccccc2C(=O)O)ccc1C#N. The molecule has 0 fully saturated rings. The second kappa shape index (κ2) is 10.8. The third-order valence-corrected chi connectivity index (χ3v) is 6.43. The summed E-state index contributed by atoms with van der Waals surface area (Å²) in [5.74, 6) is -0.612. The van der Waals surface area contributed by atoms with Crippen LogP contribution in [0.1, 0.15) is 53.4 Å². The molecule has 0 aliphatic heterocycles. The molecule has 0 unspecified atom stereocenters. The van der Waals surface area contributed by atoms with Crippen LogP contribution in [-0.4, -0.2) is 28.3 Å². The van der Waals surface area contributed by atoms with Crippen LogP contribution in [0.5, 0.6) is 5.75 Å². The van der Waals surface area contributed by atoms with Crippen LogP contribution >= 0.6 is 0 Å². The average molecular weight is 495 g/mol. The molecular weight excluding hydrogens is 464 g/mol. The number of carboxylic acid groups (broad SMARTS) is 1. The minimum absolute atomic E-state index is 0.184. The van der Waals surface area contributed by atoms with Crippen LogP contribution < -0.4 is 10.5 Å². The molecular formula is C31H30N2O4. The Labute approximate surface area is 216 Å². The van der Waals surface area contributed by atoms with E-state index in [0.29, 0.717) is 41.9 Å². The minimum Gasteiger partial charge on any atom is -0.492 e. The molecule has 0 saturated heterocycles. The summed E-state index contributed by atoms with van der Waals surface area (Å²) in [7, 11) is 0. The number of nitrogens with two attached hydrogens (primary N) is 1. The highest BCUT2D eigenvalue weighted by Crippen LogP contribution is 2.32. The number of hydrogen-bond donors (Lipinski definition) is 3. The fourth-order valence-corrected chi connectivity index (χ4v) is 4.44. The first-order chi connectivity index (χ1) is 17.7. The summed E-state index contributed by atoms with van der Waals surface area (Å²) < 4.78 is 6.01. The summed E-state index contributed by atoms with van der Waals surface area (Å²) >= 11 is 0. The monoisotopic (exact) mass is 494 g/mol. The zero-order valence-electron chi connectivity index (χ0n) is 20.9. The van der Waals surface area contributed by atoms with Gasteiger partial charge in [-0.3, -0.25) is 0 Å². The van der Waals surface area contributed by atoms with Crippen molar-refractivity contribution in [3.63, 3.8) is 0 Å². The highest BCUT2D eigenvalue weighted by molar-refractivity contribution is 5.96. The van der Waals surface area contributed by atoms with Crippen LogP contribution in [0.15, 0.2) is 78.9 Å². The fraction of sp³-hybridized carbons (Fsp3) is 0.226. The van der Waals surface area contributed by atoms with Gasteiger partial charge >= 0.3 is 5.97 Å². The summed E-state index contributed by atoms with van der Waals surface area (Å²) in [5, 5.41) is 32.2. The quantitative estimate of drug-likeness (QED) is 0.251. The molecule has 1 atom stereocenters. The van der Waals surface area contributed by atoms with Crippen molar-refractivity contribution in [2.24, 2.45) is 5.73 Å². The van der Waals surface area contributed by atoms with E-state index in [4.69, 9.17) is 10.5 Å². The third kappa shape index (κ3) is 5.80. The smallest absolute Gasteiger partial charge is 0.336 e.